The molecular formula is C13H17N3O2. The summed E-state index contributed by atoms with van der Waals surface area (Å²) in [5.41, 5.74) is 13.4. The Bertz CT molecular complexity index is 497. The average Bonchev–Trinajstić information content (AvgIpc) is 2.61. The van der Waals surface area contributed by atoms with Crippen molar-refractivity contribution in [1.29, 1.82) is 0 Å². The van der Waals surface area contributed by atoms with Crippen LogP contribution in [0.25, 0.3) is 0 Å². The van der Waals surface area contributed by atoms with E-state index in [1.54, 1.807) is 18.2 Å². The van der Waals surface area contributed by atoms with Gasteiger partial charge in [0.15, 0.2) is 0 Å². The highest BCUT2D eigenvalue weighted by atomic mass is 16.2. The van der Waals surface area contributed by atoms with Gasteiger partial charge in [-0.1, -0.05) is 0 Å². The number of nitrogens with zero attached hydrogens (tertiary/aromatic N) is 1. The predicted molar refractivity (Wildman–Crippen MR) is 69.9 cm³/mol. The van der Waals surface area contributed by atoms with Crippen LogP contribution < -0.4 is 16.4 Å². The van der Waals surface area contributed by atoms with E-state index in [4.69, 9.17) is 11.5 Å². The van der Waals surface area contributed by atoms with Crippen molar-refractivity contribution >= 4 is 23.2 Å². The Kier molecular flexibility index (Phi) is 3.34. The summed E-state index contributed by atoms with van der Waals surface area (Å²) in [5.74, 6) is -0.383. The fourth-order valence-corrected chi connectivity index (χ4v) is 2.08. The lowest BCUT2D eigenvalue weighted by atomic mass is 10.1. The van der Waals surface area contributed by atoms with Crippen LogP contribution in [0.2, 0.25) is 0 Å². The molecule has 2 rings (SSSR count). The molecule has 0 bridgehead atoms. The summed E-state index contributed by atoms with van der Waals surface area (Å²) in [6.45, 7) is 1.84. The van der Waals surface area contributed by atoms with Crippen LogP contribution in [0.5, 0.6) is 0 Å². The summed E-state index contributed by atoms with van der Waals surface area (Å²) < 4.78 is 0. The summed E-state index contributed by atoms with van der Waals surface area (Å²) in [6.07, 6.45) is 1.10. The van der Waals surface area contributed by atoms with E-state index in [0.717, 1.165) is 5.56 Å². The Morgan fingerprint density at radius 3 is 2.89 bits per heavy atom. The average molecular weight is 247 g/mol. The number of nitrogens with two attached hydrogens (primary N) is 2. The first-order chi connectivity index (χ1) is 8.49. The van der Waals surface area contributed by atoms with E-state index in [1.807, 2.05) is 6.92 Å². The lowest BCUT2D eigenvalue weighted by Crippen LogP contribution is -2.34. The molecule has 1 aromatic carbocycles. The second-order valence-corrected chi connectivity index (χ2v) is 4.70. The number of hydrogen-bond acceptors (Lipinski definition) is 4. The minimum atomic E-state index is -0.194. The smallest absolute Gasteiger partial charge is 0.238 e. The Labute approximate surface area is 106 Å². The molecule has 18 heavy (non-hydrogen) atoms. The first-order valence-electron chi connectivity index (χ1n) is 5.99. The van der Waals surface area contributed by atoms with Crippen molar-refractivity contribution in [3.63, 3.8) is 0 Å². The van der Waals surface area contributed by atoms with E-state index < -0.39 is 0 Å². The fourth-order valence-electron chi connectivity index (χ4n) is 2.08. The molecule has 5 nitrogen and oxygen atoms in total. The van der Waals surface area contributed by atoms with E-state index in [0.29, 0.717) is 17.8 Å². The summed E-state index contributed by atoms with van der Waals surface area (Å²) in [5, 5.41) is 0. The largest absolute Gasteiger partial charge is 0.399 e. The van der Waals surface area contributed by atoms with Gasteiger partial charge in [0.2, 0.25) is 11.8 Å². The number of fused-ring (bicyclic) bond motifs is 1. The molecule has 0 fully saturated rings. The van der Waals surface area contributed by atoms with Crippen molar-refractivity contribution in [1.82, 2.24) is 0 Å². The molecule has 5 heteroatoms. The first kappa shape index (κ1) is 12.6. The van der Waals surface area contributed by atoms with E-state index in [2.05, 4.69) is 0 Å². The number of anilines is 2. The maximum absolute atomic E-state index is 12.0. The Morgan fingerprint density at radius 2 is 2.22 bits per heavy atom. The topological polar surface area (TPSA) is 89.4 Å². The quantitative estimate of drug-likeness (QED) is 0.773. The van der Waals surface area contributed by atoms with Crippen molar-refractivity contribution in [3.05, 3.63) is 23.8 Å². The molecular weight excluding hydrogens is 230 g/mol. The van der Waals surface area contributed by atoms with Crippen LogP contribution in [0.15, 0.2) is 18.2 Å². The van der Waals surface area contributed by atoms with Gasteiger partial charge >= 0.3 is 0 Å². The maximum atomic E-state index is 12.0. The molecule has 0 aliphatic carbocycles. The minimum absolute atomic E-state index is 0.0439. The Morgan fingerprint density at radius 1 is 1.50 bits per heavy atom. The molecule has 4 N–H and O–H groups in total. The number of rotatable bonds is 3. The van der Waals surface area contributed by atoms with Gasteiger partial charge in [-0.05, 0) is 37.1 Å². The highest BCUT2D eigenvalue weighted by Gasteiger charge is 2.31. The number of amides is 2. The molecule has 1 unspecified atom stereocenters. The monoisotopic (exact) mass is 247 g/mol. The molecule has 1 aromatic rings. The number of imide groups is 1. The third-order valence-corrected chi connectivity index (χ3v) is 3.00. The van der Waals surface area contributed by atoms with Gasteiger partial charge in [0, 0.05) is 18.2 Å². The predicted octanol–water partition coefficient (Wildman–Crippen LogP) is 0.812. The molecule has 0 aromatic heterocycles. The molecule has 1 aliphatic heterocycles. The summed E-state index contributed by atoms with van der Waals surface area (Å²) in [7, 11) is 0. The van der Waals surface area contributed by atoms with Gasteiger partial charge in [-0.15, -0.1) is 0 Å². The van der Waals surface area contributed by atoms with E-state index in [9.17, 15) is 9.59 Å². The molecule has 1 heterocycles. The Balaban J connectivity index is 2.20. The summed E-state index contributed by atoms with van der Waals surface area (Å²) in [4.78, 5) is 25.1. The third-order valence-electron chi connectivity index (χ3n) is 3.00. The van der Waals surface area contributed by atoms with Crippen molar-refractivity contribution in [2.45, 2.75) is 32.2 Å². The number of carbonyl (C=O) groups excluding carboxylic acids is 2. The van der Waals surface area contributed by atoms with Gasteiger partial charge in [0.05, 0.1) is 12.1 Å². The zero-order valence-corrected chi connectivity index (χ0v) is 10.3. The third kappa shape index (κ3) is 2.36. The van der Waals surface area contributed by atoms with Crippen LogP contribution in [0, 0.1) is 0 Å². The fraction of sp³-hybridized carbons (Fsp3) is 0.385. The molecule has 1 aliphatic rings. The standard InChI is InChI=1S/C13H17N3O2/c1-8(14)2-5-12(17)16-11-4-3-10(15)6-9(11)7-13(16)18/h3-4,6,8H,2,5,7,14-15H2,1H3. The molecule has 96 valence electrons. The SMILES string of the molecule is CC(N)CCC(=O)N1C(=O)Cc2cc(N)ccc21. The van der Waals surface area contributed by atoms with Crippen LogP contribution >= 0.6 is 0 Å². The second-order valence-electron chi connectivity index (χ2n) is 4.70. The number of benzene rings is 1. The normalized spacial score (nSPS) is 15.7. The Hall–Kier alpha value is -1.88. The molecule has 0 spiro atoms. The molecule has 0 saturated heterocycles. The van der Waals surface area contributed by atoms with Gasteiger partial charge < -0.3 is 11.5 Å². The van der Waals surface area contributed by atoms with Gasteiger partial charge in [-0.3, -0.25) is 9.59 Å². The van der Waals surface area contributed by atoms with Crippen LogP contribution in [0.4, 0.5) is 11.4 Å². The van der Waals surface area contributed by atoms with Gasteiger partial charge in [0.1, 0.15) is 0 Å². The second kappa shape index (κ2) is 4.78. The molecule has 1 atom stereocenters. The van der Waals surface area contributed by atoms with Crippen LogP contribution in [-0.2, 0) is 16.0 Å². The van der Waals surface area contributed by atoms with Crippen LogP contribution in [0.3, 0.4) is 0 Å². The minimum Gasteiger partial charge on any atom is -0.399 e. The number of hydrogen-bond donors (Lipinski definition) is 2. The lowest BCUT2D eigenvalue weighted by molar-refractivity contribution is -0.125. The van der Waals surface area contributed by atoms with Crippen molar-refractivity contribution < 1.29 is 9.59 Å². The van der Waals surface area contributed by atoms with Gasteiger partial charge in [-0.2, -0.15) is 0 Å². The maximum Gasteiger partial charge on any atom is 0.238 e. The highest BCUT2D eigenvalue weighted by Crippen LogP contribution is 2.31. The summed E-state index contributed by atoms with van der Waals surface area (Å²) in [6, 6.07) is 5.12. The van der Waals surface area contributed by atoms with Crippen molar-refractivity contribution in [3.8, 4) is 0 Å². The highest BCUT2D eigenvalue weighted by molar-refractivity contribution is 6.19. The zero-order valence-electron chi connectivity index (χ0n) is 10.3. The summed E-state index contributed by atoms with van der Waals surface area (Å²) >= 11 is 0. The number of nitrogen functional groups attached to an aromatic ring is 1. The van der Waals surface area contributed by atoms with Crippen molar-refractivity contribution in [2.75, 3.05) is 10.6 Å². The van der Waals surface area contributed by atoms with E-state index in [1.165, 1.54) is 4.90 Å². The zero-order chi connectivity index (χ0) is 13.3. The van der Waals surface area contributed by atoms with E-state index >= 15 is 0 Å². The van der Waals surface area contributed by atoms with Crippen LogP contribution in [-0.4, -0.2) is 17.9 Å². The van der Waals surface area contributed by atoms with Gasteiger partial charge in [0.25, 0.3) is 0 Å². The van der Waals surface area contributed by atoms with E-state index in [-0.39, 0.29) is 30.7 Å². The first-order valence-corrected chi connectivity index (χ1v) is 5.99. The lowest BCUT2D eigenvalue weighted by Gasteiger charge is -2.16. The molecule has 0 saturated carbocycles. The van der Waals surface area contributed by atoms with Crippen molar-refractivity contribution in [2.24, 2.45) is 5.73 Å². The number of carbonyl (C=O) groups is 2. The van der Waals surface area contributed by atoms with Gasteiger partial charge in [-0.25, -0.2) is 4.90 Å². The van der Waals surface area contributed by atoms with Crippen LogP contribution in [0.1, 0.15) is 25.3 Å². The molecule has 2 amide bonds. The molecule has 0 radical (unpaired) electrons.